The fraction of sp³-hybridized carbons (Fsp3) is 0.625. The van der Waals surface area contributed by atoms with Gasteiger partial charge in [-0.05, 0) is 43.2 Å². The second-order valence-corrected chi connectivity index (χ2v) is 5.42. The van der Waals surface area contributed by atoms with Crippen molar-refractivity contribution < 1.29 is 4.74 Å². The third-order valence-electron chi connectivity index (χ3n) is 4.22. The molecule has 0 aliphatic heterocycles. The average molecular weight is 247 g/mol. The molecule has 1 aliphatic carbocycles. The van der Waals surface area contributed by atoms with E-state index in [4.69, 9.17) is 10.5 Å². The SMILES string of the molecule is CCC1CCC(CN)C(OCc2ccccc2)C1. The van der Waals surface area contributed by atoms with Gasteiger partial charge in [-0.2, -0.15) is 0 Å². The summed E-state index contributed by atoms with van der Waals surface area (Å²) < 4.78 is 6.12. The fourth-order valence-corrected chi connectivity index (χ4v) is 2.90. The Kier molecular flexibility index (Phi) is 5.21. The highest BCUT2D eigenvalue weighted by molar-refractivity contribution is 5.13. The number of rotatable bonds is 5. The third-order valence-corrected chi connectivity index (χ3v) is 4.22. The van der Waals surface area contributed by atoms with E-state index in [1.165, 1.54) is 31.2 Å². The van der Waals surface area contributed by atoms with E-state index in [9.17, 15) is 0 Å². The van der Waals surface area contributed by atoms with Crippen molar-refractivity contribution in [3.63, 3.8) is 0 Å². The molecule has 2 N–H and O–H groups in total. The maximum Gasteiger partial charge on any atom is 0.0720 e. The molecule has 1 fully saturated rings. The molecule has 0 radical (unpaired) electrons. The molecule has 0 heterocycles. The van der Waals surface area contributed by atoms with Crippen molar-refractivity contribution in [1.29, 1.82) is 0 Å². The van der Waals surface area contributed by atoms with E-state index in [1.807, 2.05) is 6.07 Å². The Labute approximate surface area is 111 Å². The van der Waals surface area contributed by atoms with Crippen molar-refractivity contribution in [3.05, 3.63) is 35.9 Å². The zero-order valence-electron chi connectivity index (χ0n) is 11.3. The number of hydrogen-bond acceptors (Lipinski definition) is 2. The van der Waals surface area contributed by atoms with Gasteiger partial charge in [0.15, 0.2) is 0 Å². The van der Waals surface area contributed by atoms with E-state index in [0.717, 1.165) is 19.1 Å². The summed E-state index contributed by atoms with van der Waals surface area (Å²) in [7, 11) is 0. The Bertz CT molecular complexity index is 338. The van der Waals surface area contributed by atoms with E-state index in [-0.39, 0.29) is 0 Å². The molecular weight excluding hydrogens is 222 g/mol. The number of benzene rings is 1. The van der Waals surface area contributed by atoms with Gasteiger partial charge in [0, 0.05) is 0 Å². The van der Waals surface area contributed by atoms with Crippen LogP contribution in [0.2, 0.25) is 0 Å². The third kappa shape index (κ3) is 3.56. The molecule has 2 heteroatoms. The predicted molar refractivity (Wildman–Crippen MR) is 75.2 cm³/mol. The molecule has 2 nitrogen and oxygen atoms in total. The molecule has 3 unspecified atom stereocenters. The summed E-state index contributed by atoms with van der Waals surface area (Å²) in [5.74, 6) is 1.38. The Morgan fingerprint density at radius 3 is 2.67 bits per heavy atom. The van der Waals surface area contributed by atoms with E-state index < -0.39 is 0 Å². The lowest BCUT2D eigenvalue weighted by molar-refractivity contribution is -0.0333. The van der Waals surface area contributed by atoms with Crippen molar-refractivity contribution in [2.45, 2.75) is 45.3 Å². The fourth-order valence-electron chi connectivity index (χ4n) is 2.90. The molecule has 3 atom stereocenters. The Morgan fingerprint density at radius 2 is 2.00 bits per heavy atom. The second-order valence-electron chi connectivity index (χ2n) is 5.42. The van der Waals surface area contributed by atoms with Gasteiger partial charge in [-0.25, -0.2) is 0 Å². The first kappa shape index (κ1) is 13.6. The second kappa shape index (κ2) is 6.91. The van der Waals surface area contributed by atoms with Crippen LogP contribution in [0.3, 0.4) is 0 Å². The molecule has 1 aliphatic rings. The summed E-state index contributed by atoms with van der Waals surface area (Å²) in [5.41, 5.74) is 7.13. The van der Waals surface area contributed by atoms with Crippen LogP contribution in [0.5, 0.6) is 0 Å². The summed E-state index contributed by atoms with van der Waals surface area (Å²) in [5, 5.41) is 0. The number of hydrogen-bond donors (Lipinski definition) is 1. The normalized spacial score (nSPS) is 28.2. The average Bonchev–Trinajstić information content (AvgIpc) is 2.45. The van der Waals surface area contributed by atoms with Crippen LogP contribution in [0.25, 0.3) is 0 Å². The number of nitrogens with two attached hydrogens (primary N) is 1. The van der Waals surface area contributed by atoms with Gasteiger partial charge in [-0.1, -0.05) is 43.7 Å². The lowest BCUT2D eigenvalue weighted by Gasteiger charge is -2.35. The van der Waals surface area contributed by atoms with Gasteiger partial charge in [-0.15, -0.1) is 0 Å². The molecule has 0 saturated heterocycles. The van der Waals surface area contributed by atoms with Crippen molar-refractivity contribution in [2.75, 3.05) is 6.54 Å². The summed E-state index contributed by atoms with van der Waals surface area (Å²) in [4.78, 5) is 0. The van der Waals surface area contributed by atoms with Gasteiger partial charge in [0.05, 0.1) is 12.7 Å². The molecule has 100 valence electrons. The van der Waals surface area contributed by atoms with Crippen LogP contribution in [0.1, 0.15) is 38.2 Å². The van der Waals surface area contributed by atoms with Gasteiger partial charge in [0.25, 0.3) is 0 Å². The van der Waals surface area contributed by atoms with Crippen molar-refractivity contribution >= 4 is 0 Å². The highest BCUT2D eigenvalue weighted by Gasteiger charge is 2.29. The number of ether oxygens (including phenoxy) is 1. The maximum absolute atomic E-state index is 6.12. The molecule has 2 rings (SSSR count). The molecule has 0 amide bonds. The minimum atomic E-state index is 0.355. The minimum absolute atomic E-state index is 0.355. The minimum Gasteiger partial charge on any atom is -0.373 e. The Balaban J connectivity index is 1.88. The van der Waals surface area contributed by atoms with Gasteiger partial charge >= 0.3 is 0 Å². The Hall–Kier alpha value is -0.860. The maximum atomic E-state index is 6.12. The zero-order valence-corrected chi connectivity index (χ0v) is 11.3. The first-order valence-electron chi connectivity index (χ1n) is 7.19. The molecular formula is C16H25NO. The van der Waals surface area contributed by atoms with Gasteiger partial charge in [0.2, 0.25) is 0 Å². The molecule has 1 aromatic rings. The lowest BCUT2D eigenvalue weighted by Crippen LogP contribution is -2.36. The van der Waals surface area contributed by atoms with E-state index in [0.29, 0.717) is 12.0 Å². The molecule has 0 bridgehead atoms. The van der Waals surface area contributed by atoms with Gasteiger partial charge in [-0.3, -0.25) is 0 Å². The molecule has 0 spiro atoms. The first-order chi connectivity index (χ1) is 8.83. The largest absolute Gasteiger partial charge is 0.373 e. The van der Waals surface area contributed by atoms with Crippen LogP contribution in [0.15, 0.2) is 30.3 Å². The Morgan fingerprint density at radius 1 is 1.22 bits per heavy atom. The van der Waals surface area contributed by atoms with Crippen LogP contribution < -0.4 is 5.73 Å². The van der Waals surface area contributed by atoms with Gasteiger partial charge in [0.1, 0.15) is 0 Å². The van der Waals surface area contributed by atoms with Crippen LogP contribution in [-0.4, -0.2) is 12.6 Å². The van der Waals surface area contributed by atoms with Crippen LogP contribution in [-0.2, 0) is 11.3 Å². The topological polar surface area (TPSA) is 35.2 Å². The summed E-state index contributed by atoms with van der Waals surface area (Å²) >= 11 is 0. The van der Waals surface area contributed by atoms with Crippen LogP contribution in [0.4, 0.5) is 0 Å². The standard InChI is InChI=1S/C16H25NO/c1-2-13-8-9-15(11-17)16(10-13)18-12-14-6-4-3-5-7-14/h3-7,13,15-16H,2,8-12,17H2,1H3. The summed E-state index contributed by atoms with van der Waals surface area (Å²) in [6.07, 6.45) is 5.36. The summed E-state index contributed by atoms with van der Waals surface area (Å²) in [6, 6.07) is 10.4. The smallest absolute Gasteiger partial charge is 0.0720 e. The quantitative estimate of drug-likeness (QED) is 0.866. The van der Waals surface area contributed by atoms with Crippen molar-refractivity contribution in [2.24, 2.45) is 17.6 Å². The van der Waals surface area contributed by atoms with Crippen molar-refractivity contribution in [3.8, 4) is 0 Å². The van der Waals surface area contributed by atoms with Crippen molar-refractivity contribution in [1.82, 2.24) is 0 Å². The van der Waals surface area contributed by atoms with E-state index >= 15 is 0 Å². The molecule has 18 heavy (non-hydrogen) atoms. The highest BCUT2D eigenvalue weighted by Crippen LogP contribution is 2.32. The molecule has 0 aromatic heterocycles. The predicted octanol–water partition coefficient (Wildman–Crippen LogP) is 3.36. The molecule has 1 aromatic carbocycles. The van der Waals surface area contributed by atoms with E-state index in [2.05, 4.69) is 31.2 Å². The monoisotopic (exact) mass is 247 g/mol. The van der Waals surface area contributed by atoms with Crippen LogP contribution >= 0.6 is 0 Å². The first-order valence-corrected chi connectivity index (χ1v) is 7.19. The van der Waals surface area contributed by atoms with Crippen LogP contribution in [0, 0.1) is 11.8 Å². The van der Waals surface area contributed by atoms with Gasteiger partial charge < -0.3 is 10.5 Å². The zero-order chi connectivity index (χ0) is 12.8. The highest BCUT2D eigenvalue weighted by atomic mass is 16.5. The molecule has 1 saturated carbocycles. The lowest BCUT2D eigenvalue weighted by atomic mass is 9.78. The summed E-state index contributed by atoms with van der Waals surface area (Å²) in [6.45, 7) is 3.76. The van der Waals surface area contributed by atoms with E-state index in [1.54, 1.807) is 0 Å².